The lowest BCUT2D eigenvalue weighted by molar-refractivity contribution is -0.870. The van der Waals surface area contributed by atoms with Gasteiger partial charge in [0.1, 0.15) is 19.8 Å². The molecule has 0 rings (SSSR count). The average molecular weight is 891 g/mol. The molecular weight excluding hydrogens is 798 g/mol. The number of ether oxygens (including phenoxy) is 2. The Kier molecular flexibility index (Phi) is 41.9. The molecule has 0 bridgehead atoms. The number of carbonyl (C=O) groups is 2. The molecule has 0 amide bonds. The van der Waals surface area contributed by atoms with E-state index in [0.29, 0.717) is 17.4 Å². The van der Waals surface area contributed by atoms with E-state index in [-0.39, 0.29) is 26.1 Å². The van der Waals surface area contributed by atoms with Crippen molar-refractivity contribution in [1.82, 2.24) is 0 Å². The second-order valence-corrected chi connectivity index (χ2v) is 18.9. The van der Waals surface area contributed by atoms with Crippen molar-refractivity contribution in [3.63, 3.8) is 0 Å². The molecule has 0 aliphatic heterocycles. The summed E-state index contributed by atoms with van der Waals surface area (Å²) in [5.74, 6) is -0.899. The third-order valence-corrected chi connectivity index (χ3v) is 11.2. The van der Waals surface area contributed by atoms with Gasteiger partial charge in [-0.2, -0.15) is 0 Å². The lowest BCUT2D eigenvalue weighted by Crippen LogP contribution is -2.37. The number of phosphoric ester groups is 1. The summed E-state index contributed by atoms with van der Waals surface area (Å²) in [5, 5.41) is 0. The van der Waals surface area contributed by atoms with E-state index >= 15 is 0 Å². The van der Waals surface area contributed by atoms with Gasteiger partial charge in [-0.05, 0) is 77.0 Å². The van der Waals surface area contributed by atoms with E-state index in [4.69, 9.17) is 18.5 Å². The van der Waals surface area contributed by atoms with Gasteiger partial charge < -0.3 is 18.9 Å². The first-order valence-corrected chi connectivity index (χ1v) is 26.2. The molecule has 0 saturated heterocycles. The normalized spacial score (nSPS) is 14.1. The lowest BCUT2D eigenvalue weighted by Gasteiger charge is -2.24. The molecule has 0 aromatic heterocycles. The Morgan fingerprint density at radius 1 is 0.500 bits per heavy atom. The fourth-order valence-corrected chi connectivity index (χ4v) is 7.09. The Morgan fingerprint density at radius 2 is 0.903 bits per heavy atom. The van der Waals surface area contributed by atoms with E-state index < -0.39 is 32.5 Å². The van der Waals surface area contributed by atoms with Crippen LogP contribution >= 0.6 is 7.82 Å². The average Bonchev–Trinajstić information content (AvgIpc) is 3.23. The number of phosphoric acid groups is 1. The zero-order chi connectivity index (χ0) is 45.7. The van der Waals surface area contributed by atoms with Crippen molar-refractivity contribution < 1.29 is 42.1 Å². The first-order chi connectivity index (χ1) is 30.0. The third kappa shape index (κ3) is 46.9. The van der Waals surface area contributed by atoms with E-state index in [0.717, 1.165) is 44.9 Å². The molecule has 1 N–H and O–H groups in total. The van der Waals surface area contributed by atoms with Gasteiger partial charge in [-0.25, -0.2) is 4.57 Å². The van der Waals surface area contributed by atoms with Gasteiger partial charge >= 0.3 is 19.8 Å². The van der Waals surface area contributed by atoms with Crippen LogP contribution in [0.25, 0.3) is 0 Å². The Morgan fingerprint density at radius 3 is 1.40 bits per heavy atom. The van der Waals surface area contributed by atoms with Crippen LogP contribution in [0.5, 0.6) is 0 Å². The zero-order valence-corrected chi connectivity index (χ0v) is 41.2. The quantitative estimate of drug-likeness (QED) is 0.0212. The standard InChI is InChI=1S/C52H92NO8P/c1-6-8-10-12-14-16-18-20-22-24-26-28-30-32-34-36-38-40-42-44-51(54)58-48-50(49-60-62(56,57)59-47-46-53(3,4)5)61-52(55)45-43-41-39-37-35-33-31-29-27-25-23-21-19-17-15-13-11-9-7-2/h15,17,20-23,27,29,33,35,39,41,50H,6-14,16,18-19,24-26,28,30-32,34,36-38,40,42-49H2,1-5H3/p+1/b17-15-,22-20-,23-21-,29-27-,35-33-,41-39-/t50-/m1/s1. The highest BCUT2D eigenvalue weighted by Crippen LogP contribution is 2.43. The smallest absolute Gasteiger partial charge is 0.462 e. The summed E-state index contributed by atoms with van der Waals surface area (Å²) in [5.41, 5.74) is 0. The Labute approximate surface area is 380 Å². The Balaban J connectivity index is 4.41. The monoisotopic (exact) mass is 891 g/mol. The molecule has 0 aromatic carbocycles. The molecule has 2 atom stereocenters. The summed E-state index contributed by atoms with van der Waals surface area (Å²) in [6.45, 7) is 4.30. The molecule has 0 aromatic rings. The summed E-state index contributed by atoms with van der Waals surface area (Å²) in [7, 11) is 1.42. The number of esters is 2. The maximum Gasteiger partial charge on any atom is 0.472 e. The van der Waals surface area contributed by atoms with Gasteiger partial charge in [0.05, 0.1) is 27.7 Å². The SMILES string of the molecule is CCCCC/C=C\C/C=C\C/C=C\C/C=C\C/C=C\CCC(=O)O[C@H](COC(=O)CCCCCCCCCCC/C=C\CCCCCCCC)COP(=O)(O)OCC[N+](C)(C)C. The minimum absolute atomic E-state index is 0.0152. The summed E-state index contributed by atoms with van der Waals surface area (Å²) in [6.07, 6.45) is 55.4. The molecule has 0 radical (unpaired) electrons. The molecule has 0 aliphatic carbocycles. The van der Waals surface area contributed by atoms with Gasteiger partial charge in [0, 0.05) is 12.8 Å². The number of carbonyl (C=O) groups excluding carboxylic acids is 2. The molecule has 0 spiro atoms. The van der Waals surface area contributed by atoms with Crippen molar-refractivity contribution in [2.24, 2.45) is 0 Å². The van der Waals surface area contributed by atoms with Crippen molar-refractivity contribution >= 4 is 19.8 Å². The van der Waals surface area contributed by atoms with Crippen molar-refractivity contribution in [1.29, 1.82) is 0 Å². The molecule has 10 heteroatoms. The molecule has 0 aliphatic rings. The highest BCUT2D eigenvalue weighted by atomic mass is 31.2. The molecule has 0 saturated carbocycles. The van der Waals surface area contributed by atoms with Crippen LogP contribution in [0.4, 0.5) is 0 Å². The zero-order valence-electron chi connectivity index (χ0n) is 40.3. The highest BCUT2D eigenvalue weighted by Gasteiger charge is 2.27. The minimum atomic E-state index is -4.40. The Hall–Kier alpha value is -2.55. The van der Waals surface area contributed by atoms with Crippen LogP contribution < -0.4 is 0 Å². The van der Waals surface area contributed by atoms with Gasteiger partial charge in [0.2, 0.25) is 0 Å². The van der Waals surface area contributed by atoms with Crippen LogP contribution in [0.15, 0.2) is 72.9 Å². The van der Waals surface area contributed by atoms with Gasteiger partial charge in [-0.3, -0.25) is 18.6 Å². The maximum absolute atomic E-state index is 12.7. The first-order valence-electron chi connectivity index (χ1n) is 24.7. The predicted octanol–water partition coefficient (Wildman–Crippen LogP) is 14.6. The van der Waals surface area contributed by atoms with Crippen molar-refractivity contribution in [3.8, 4) is 0 Å². The number of quaternary nitrogens is 1. The van der Waals surface area contributed by atoms with Crippen LogP contribution in [0.1, 0.15) is 194 Å². The molecule has 0 heterocycles. The van der Waals surface area contributed by atoms with Crippen molar-refractivity contribution in [3.05, 3.63) is 72.9 Å². The molecule has 1 unspecified atom stereocenters. The van der Waals surface area contributed by atoms with Crippen LogP contribution in [-0.4, -0.2) is 74.9 Å². The molecule has 0 fully saturated rings. The van der Waals surface area contributed by atoms with Gasteiger partial charge in [0.15, 0.2) is 6.10 Å². The number of likely N-dealkylation sites (N-methyl/N-ethyl adjacent to an activating group) is 1. The van der Waals surface area contributed by atoms with Crippen molar-refractivity contribution in [2.75, 3.05) is 47.5 Å². The third-order valence-electron chi connectivity index (χ3n) is 10.2. The van der Waals surface area contributed by atoms with Gasteiger partial charge in [0.25, 0.3) is 0 Å². The molecule has 62 heavy (non-hydrogen) atoms. The molecule has 358 valence electrons. The fraction of sp³-hybridized carbons (Fsp3) is 0.731. The fourth-order valence-electron chi connectivity index (χ4n) is 6.34. The summed E-state index contributed by atoms with van der Waals surface area (Å²) in [4.78, 5) is 35.5. The Bertz CT molecular complexity index is 1280. The largest absolute Gasteiger partial charge is 0.472 e. The number of unbranched alkanes of at least 4 members (excludes halogenated alkanes) is 18. The number of nitrogens with zero attached hydrogens (tertiary/aromatic N) is 1. The molecule has 9 nitrogen and oxygen atoms in total. The van der Waals surface area contributed by atoms with Crippen LogP contribution in [0.2, 0.25) is 0 Å². The van der Waals surface area contributed by atoms with E-state index in [1.807, 2.05) is 33.3 Å². The van der Waals surface area contributed by atoms with E-state index in [1.165, 1.54) is 116 Å². The first kappa shape index (κ1) is 59.5. The predicted molar refractivity (Wildman–Crippen MR) is 261 cm³/mol. The minimum Gasteiger partial charge on any atom is -0.462 e. The summed E-state index contributed by atoms with van der Waals surface area (Å²) >= 11 is 0. The summed E-state index contributed by atoms with van der Waals surface area (Å²) < 4.78 is 34.3. The van der Waals surface area contributed by atoms with Gasteiger partial charge in [-0.1, -0.05) is 177 Å². The lowest BCUT2D eigenvalue weighted by atomic mass is 10.1. The van der Waals surface area contributed by atoms with E-state index in [1.54, 1.807) is 0 Å². The van der Waals surface area contributed by atoms with Crippen LogP contribution in [-0.2, 0) is 32.7 Å². The van der Waals surface area contributed by atoms with Crippen LogP contribution in [0.3, 0.4) is 0 Å². The summed E-state index contributed by atoms with van der Waals surface area (Å²) in [6, 6.07) is 0. The number of allylic oxidation sites excluding steroid dienone is 12. The topological polar surface area (TPSA) is 108 Å². The second kappa shape index (κ2) is 43.7. The van der Waals surface area contributed by atoms with E-state index in [2.05, 4.69) is 74.6 Å². The highest BCUT2D eigenvalue weighted by molar-refractivity contribution is 7.47. The maximum atomic E-state index is 12.7. The second-order valence-electron chi connectivity index (χ2n) is 17.5. The number of hydrogen-bond acceptors (Lipinski definition) is 7. The van der Waals surface area contributed by atoms with E-state index in [9.17, 15) is 19.0 Å². The van der Waals surface area contributed by atoms with Crippen LogP contribution in [0, 0.1) is 0 Å². The van der Waals surface area contributed by atoms with Crippen molar-refractivity contribution in [2.45, 2.75) is 200 Å². The molecular formula is C52H93NO8P+. The number of hydrogen-bond donors (Lipinski definition) is 1. The number of rotatable bonds is 44. The van der Waals surface area contributed by atoms with Gasteiger partial charge in [-0.15, -0.1) is 0 Å².